The van der Waals surface area contributed by atoms with E-state index in [2.05, 4.69) is 5.32 Å². The van der Waals surface area contributed by atoms with E-state index in [1.54, 1.807) is 11.8 Å². The molecular weight excluding hydrogens is 98.1 g/mol. The van der Waals surface area contributed by atoms with Crippen LogP contribution in [-0.2, 0) is 0 Å². The van der Waals surface area contributed by atoms with Gasteiger partial charge in [0.2, 0.25) is 0 Å². The molecule has 0 bridgehead atoms. The molecule has 2 nitrogen and oxygen atoms in total. The molecule has 1 aliphatic rings. The minimum Gasteiger partial charge on any atom is -0.381 e. The molecule has 0 aromatic heterocycles. The van der Waals surface area contributed by atoms with Crippen LogP contribution in [0.5, 0.6) is 0 Å². The lowest BCUT2D eigenvalue weighted by Crippen LogP contribution is -2.11. The van der Waals surface area contributed by atoms with Crippen LogP contribution in [0.1, 0.15) is 0 Å². The topological polar surface area (TPSA) is 32.3 Å². The Labute approximate surface area is 40.9 Å². The van der Waals surface area contributed by atoms with Gasteiger partial charge in [0.25, 0.3) is 0 Å². The Bertz CT molecular complexity index is 44.1. The molecule has 0 spiro atoms. The quantitative estimate of drug-likeness (QED) is 0.439. The highest BCUT2D eigenvalue weighted by atomic mass is 32.2. The summed E-state index contributed by atoms with van der Waals surface area (Å²) in [6.45, 7) is 0.755. The Morgan fingerprint density at radius 1 is 1.83 bits per heavy atom. The summed E-state index contributed by atoms with van der Waals surface area (Å²) in [5.74, 6) is 0.904. The third kappa shape index (κ3) is 0.864. The van der Waals surface area contributed by atoms with Gasteiger partial charge in [-0.05, 0) is 0 Å². The predicted octanol–water partition coefficient (Wildman–Crippen LogP) is -0.401. The van der Waals surface area contributed by atoms with E-state index in [-0.39, 0.29) is 5.44 Å². The smallest absolute Gasteiger partial charge is 0.113 e. The summed E-state index contributed by atoms with van der Waals surface area (Å²) in [5, 5.41) is 11.6. The zero-order valence-electron chi connectivity index (χ0n) is 3.35. The van der Waals surface area contributed by atoms with Crippen LogP contribution in [0, 0.1) is 0 Å². The fourth-order valence-corrected chi connectivity index (χ4v) is 1.06. The second-order valence-corrected chi connectivity index (χ2v) is 2.39. The third-order valence-electron chi connectivity index (χ3n) is 0.697. The number of hydrogen-bond donors (Lipinski definition) is 2. The van der Waals surface area contributed by atoms with Gasteiger partial charge in [-0.25, -0.2) is 0 Å². The standard InChI is InChI=1S/C3H7NOS/c5-3-1-4-2-6-3/h3-5H,1-2H2. The van der Waals surface area contributed by atoms with E-state index in [0.717, 1.165) is 12.4 Å². The molecule has 0 amide bonds. The summed E-state index contributed by atoms with van der Waals surface area (Å²) in [6, 6.07) is 0. The van der Waals surface area contributed by atoms with Crippen molar-refractivity contribution in [2.24, 2.45) is 0 Å². The lowest BCUT2D eigenvalue weighted by atomic mass is 10.7. The summed E-state index contributed by atoms with van der Waals surface area (Å²) in [7, 11) is 0. The predicted molar refractivity (Wildman–Crippen MR) is 26.5 cm³/mol. The minimum atomic E-state index is -0.148. The molecular formula is C3H7NOS. The molecule has 1 aliphatic heterocycles. The highest BCUT2D eigenvalue weighted by Gasteiger charge is 2.08. The Balaban J connectivity index is 2.18. The van der Waals surface area contributed by atoms with E-state index in [4.69, 9.17) is 5.11 Å². The molecule has 3 heteroatoms. The molecule has 36 valence electrons. The van der Waals surface area contributed by atoms with Crippen LogP contribution in [0.25, 0.3) is 0 Å². The van der Waals surface area contributed by atoms with Crippen molar-refractivity contribution in [2.45, 2.75) is 5.44 Å². The maximum absolute atomic E-state index is 8.63. The molecule has 1 heterocycles. The molecule has 0 aromatic rings. The fraction of sp³-hybridized carbons (Fsp3) is 1.00. The molecule has 6 heavy (non-hydrogen) atoms. The number of thioether (sulfide) groups is 1. The van der Waals surface area contributed by atoms with Crippen LogP contribution in [0.3, 0.4) is 0 Å². The Morgan fingerprint density at radius 3 is 2.83 bits per heavy atom. The fourth-order valence-electron chi connectivity index (χ4n) is 0.396. The summed E-state index contributed by atoms with van der Waals surface area (Å²) < 4.78 is 0. The molecule has 1 rings (SSSR count). The van der Waals surface area contributed by atoms with Crippen LogP contribution in [-0.4, -0.2) is 23.0 Å². The Morgan fingerprint density at radius 2 is 2.67 bits per heavy atom. The Kier molecular flexibility index (Phi) is 1.34. The van der Waals surface area contributed by atoms with Crippen LogP contribution < -0.4 is 5.32 Å². The van der Waals surface area contributed by atoms with E-state index in [1.165, 1.54) is 0 Å². The van der Waals surface area contributed by atoms with Gasteiger partial charge in [0, 0.05) is 12.4 Å². The zero-order chi connectivity index (χ0) is 4.41. The van der Waals surface area contributed by atoms with Crippen LogP contribution in [0.2, 0.25) is 0 Å². The van der Waals surface area contributed by atoms with Gasteiger partial charge >= 0.3 is 0 Å². The second-order valence-electron chi connectivity index (χ2n) is 1.22. The van der Waals surface area contributed by atoms with Gasteiger partial charge in [-0.15, -0.1) is 11.8 Å². The van der Waals surface area contributed by atoms with E-state index in [9.17, 15) is 0 Å². The lowest BCUT2D eigenvalue weighted by Gasteiger charge is -1.89. The van der Waals surface area contributed by atoms with Crippen molar-refractivity contribution in [1.82, 2.24) is 5.32 Å². The third-order valence-corrected chi connectivity index (χ3v) is 1.62. The van der Waals surface area contributed by atoms with Crippen molar-refractivity contribution in [3.05, 3.63) is 0 Å². The van der Waals surface area contributed by atoms with Crippen molar-refractivity contribution in [3.8, 4) is 0 Å². The normalized spacial score (nSPS) is 34.5. The number of hydrogen-bond acceptors (Lipinski definition) is 3. The molecule has 0 aromatic carbocycles. The molecule has 0 aliphatic carbocycles. The van der Waals surface area contributed by atoms with Crippen LogP contribution in [0.4, 0.5) is 0 Å². The number of aliphatic hydroxyl groups is 1. The lowest BCUT2D eigenvalue weighted by molar-refractivity contribution is 0.270. The van der Waals surface area contributed by atoms with Crippen molar-refractivity contribution in [3.63, 3.8) is 0 Å². The summed E-state index contributed by atoms with van der Waals surface area (Å²) >= 11 is 1.54. The van der Waals surface area contributed by atoms with E-state index < -0.39 is 0 Å². The molecule has 1 saturated heterocycles. The average Bonchev–Trinajstić information content (AvgIpc) is 1.86. The van der Waals surface area contributed by atoms with Crippen LogP contribution in [0.15, 0.2) is 0 Å². The highest BCUT2D eigenvalue weighted by molar-refractivity contribution is 7.99. The maximum atomic E-state index is 8.63. The first kappa shape index (κ1) is 4.43. The van der Waals surface area contributed by atoms with Gasteiger partial charge in [-0.3, -0.25) is 0 Å². The van der Waals surface area contributed by atoms with E-state index in [0.29, 0.717) is 0 Å². The zero-order valence-corrected chi connectivity index (χ0v) is 4.16. The number of nitrogens with one attached hydrogen (secondary N) is 1. The van der Waals surface area contributed by atoms with Crippen LogP contribution >= 0.6 is 11.8 Å². The van der Waals surface area contributed by atoms with E-state index >= 15 is 0 Å². The van der Waals surface area contributed by atoms with Crippen molar-refractivity contribution in [1.29, 1.82) is 0 Å². The number of aliphatic hydroxyl groups excluding tert-OH is 1. The monoisotopic (exact) mass is 105 g/mol. The van der Waals surface area contributed by atoms with Gasteiger partial charge in [0.1, 0.15) is 5.44 Å². The largest absolute Gasteiger partial charge is 0.381 e. The molecule has 1 atom stereocenters. The molecule has 1 unspecified atom stereocenters. The van der Waals surface area contributed by atoms with Crippen molar-refractivity contribution < 1.29 is 5.11 Å². The highest BCUT2D eigenvalue weighted by Crippen LogP contribution is 2.09. The van der Waals surface area contributed by atoms with Gasteiger partial charge in [0.05, 0.1) is 0 Å². The van der Waals surface area contributed by atoms with Crippen molar-refractivity contribution in [2.75, 3.05) is 12.4 Å². The summed E-state index contributed by atoms with van der Waals surface area (Å²) in [6.07, 6.45) is 0. The molecule has 0 saturated carbocycles. The maximum Gasteiger partial charge on any atom is 0.113 e. The van der Waals surface area contributed by atoms with Gasteiger partial charge < -0.3 is 10.4 Å². The first-order valence-corrected chi connectivity index (χ1v) is 2.95. The number of rotatable bonds is 0. The average molecular weight is 105 g/mol. The number of β-amino-alcohol motifs (C(OH)–C–C–N with tert-alkyl or cyclic N) is 1. The second kappa shape index (κ2) is 1.82. The minimum absolute atomic E-state index is 0.148. The van der Waals surface area contributed by atoms with Gasteiger partial charge in [0.15, 0.2) is 0 Å². The summed E-state index contributed by atoms with van der Waals surface area (Å²) in [4.78, 5) is 0. The van der Waals surface area contributed by atoms with Gasteiger partial charge in [-0.1, -0.05) is 0 Å². The summed E-state index contributed by atoms with van der Waals surface area (Å²) in [5.41, 5.74) is -0.148. The van der Waals surface area contributed by atoms with Crippen molar-refractivity contribution >= 4 is 11.8 Å². The molecule has 0 radical (unpaired) electrons. The van der Waals surface area contributed by atoms with E-state index in [1.807, 2.05) is 0 Å². The molecule has 2 N–H and O–H groups in total. The van der Waals surface area contributed by atoms with Gasteiger partial charge in [-0.2, -0.15) is 0 Å². The molecule has 1 fully saturated rings. The first-order valence-electron chi connectivity index (χ1n) is 1.90. The SMILES string of the molecule is OC1CNCS1. The Hall–Kier alpha value is 0.270. The first-order chi connectivity index (χ1) is 2.89.